The van der Waals surface area contributed by atoms with Crippen molar-refractivity contribution >= 4 is 27.7 Å². The third-order valence-electron chi connectivity index (χ3n) is 5.46. The highest BCUT2D eigenvalue weighted by molar-refractivity contribution is 6.07. The second kappa shape index (κ2) is 8.06. The predicted octanol–water partition coefficient (Wildman–Crippen LogP) is 4.00. The van der Waals surface area contributed by atoms with Crippen LogP contribution in [0.1, 0.15) is 41.3 Å². The number of hydrogen-bond donors (Lipinski definition) is 1. The molecule has 0 saturated heterocycles. The Morgan fingerprint density at radius 3 is 2.27 bits per heavy atom. The summed E-state index contributed by atoms with van der Waals surface area (Å²) in [5.41, 5.74) is 3.74. The summed E-state index contributed by atoms with van der Waals surface area (Å²) in [6, 6.07) is 14.9. The number of rotatable bonds is 5. The lowest BCUT2D eigenvalue weighted by Gasteiger charge is -2.23. The Kier molecular flexibility index (Phi) is 5.31. The first-order valence-corrected chi connectivity index (χ1v) is 10.2. The van der Waals surface area contributed by atoms with Gasteiger partial charge in [0.2, 0.25) is 0 Å². The Morgan fingerprint density at radius 2 is 1.60 bits per heavy atom. The molecule has 0 saturated carbocycles. The van der Waals surface area contributed by atoms with Crippen molar-refractivity contribution in [1.29, 1.82) is 0 Å². The van der Waals surface area contributed by atoms with Gasteiger partial charge in [-0.15, -0.1) is 0 Å². The molecular formula is C24H24N4O2. The number of aryl methyl sites for hydroxylation is 1. The van der Waals surface area contributed by atoms with Crippen LogP contribution in [0.2, 0.25) is 0 Å². The molecule has 1 N–H and O–H groups in total. The molecule has 4 aromatic rings. The first-order chi connectivity index (χ1) is 14.5. The third kappa shape index (κ3) is 3.45. The van der Waals surface area contributed by atoms with Gasteiger partial charge in [0.05, 0.1) is 28.5 Å². The molecule has 1 amide bonds. The summed E-state index contributed by atoms with van der Waals surface area (Å²) in [5, 5.41) is 1.38. The zero-order chi connectivity index (χ0) is 21.3. The van der Waals surface area contributed by atoms with Crippen molar-refractivity contribution in [1.82, 2.24) is 19.9 Å². The molecule has 30 heavy (non-hydrogen) atoms. The average Bonchev–Trinajstić information content (AvgIpc) is 2.76. The lowest BCUT2D eigenvalue weighted by atomic mass is 9.99. The maximum atomic E-state index is 13.6. The largest absolute Gasteiger partial charge is 0.331 e. The van der Waals surface area contributed by atoms with Crippen LogP contribution in [-0.4, -0.2) is 32.3 Å². The van der Waals surface area contributed by atoms with Gasteiger partial charge in [-0.2, -0.15) is 0 Å². The van der Waals surface area contributed by atoms with Crippen LogP contribution in [0.25, 0.3) is 21.8 Å². The molecule has 2 aromatic heterocycles. The van der Waals surface area contributed by atoms with Gasteiger partial charge in [0, 0.05) is 17.6 Å². The topological polar surface area (TPSA) is 79.0 Å². The highest BCUT2D eigenvalue weighted by atomic mass is 16.2. The number of aromatic nitrogens is 3. The lowest BCUT2D eigenvalue weighted by Crippen LogP contribution is -2.33. The molecule has 0 fully saturated rings. The van der Waals surface area contributed by atoms with Gasteiger partial charge in [0.15, 0.2) is 0 Å². The van der Waals surface area contributed by atoms with E-state index in [9.17, 15) is 9.59 Å². The second-order valence-corrected chi connectivity index (χ2v) is 7.28. The number of carbonyl (C=O) groups excluding carboxylic acids is 1. The smallest absolute Gasteiger partial charge is 0.258 e. The van der Waals surface area contributed by atoms with E-state index in [0.717, 1.165) is 28.6 Å². The summed E-state index contributed by atoms with van der Waals surface area (Å²) in [6.45, 7) is 6.64. The zero-order valence-electron chi connectivity index (χ0n) is 17.4. The van der Waals surface area contributed by atoms with Crippen LogP contribution < -0.4 is 5.56 Å². The third-order valence-corrected chi connectivity index (χ3v) is 5.46. The van der Waals surface area contributed by atoms with Crippen molar-refractivity contribution < 1.29 is 4.79 Å². The fourth-order valence-electron chi connectivity index (χ4n) is 3.85. The molecule has 0 bridgehead atoms. The molecule has 0 aliphatic heterocycles. The SMILES string of the molecule is CCc1nc2ccccc2c(C(=O)N(CC)Cc2nc3ccccc3c(=O)[nH]2)c1C. The molecule has 0 radical (unpaired) electrons. The standard InChI is InChI=1S/C24H24N4O2/c1-4-18-15(3)22(16-10-6-8-12-19(16)25-18)24(30)28(5-2)14-21-26-20-13-9-7-11-17(20)23(29)27-21/h6-13H,4-5,14H2,1-3H3,(H,26,27,29). The van der Waals surface area contributed by atoms with Gasteiger partial charge in [-0.05, 0) is 44.0 Å². The highest BCUT2D eigenvalue weighted by Gasteiger charge is 2.22. The van der Waals surface area contributed by atoms with E-state index in [2.05, 4.69) is 9.97 Å². The minimum Gasteiger partial charge on any atom is -0.331 e. The van der Waals surface area contributed by atoms with E-state index >= 15 is 0 Å². The number of benzene rings is 2. The van der Waals surface area contributed by atoms with Crippen molar-refractivity contribution in [2.75, 3.05) is 6.54 Å². The number of nitrogens with zero attached hydrogens (tertiary/aromatic N) is 3. The maximum Gasteiger partial charge on any atom is 0.258 e. The number of H-pyrrole nitrogens is 1. The molecule has 6 heteroatoms. The van der Waals surface area contributed by atoms with Crippen LogP contribution in [0.3, 0.4) is 0 Å². The van der Waals surface area contributed by atoms with Crippen molar-refractivity contribution in [2.45, 2.75) is 33.7 Å². The summed E-state index contributed by atoms with van der Waals surface area (Å²) >= 11 is 0. The van der Waals surface area contributed by atoms with E-state index in [0.29, 0.717) is 28.8 Å². The Labute approximate surface area is 174 Å². The molecular weight excluding hydrogens is 376 g/mol. The number of fused-ring (bicyclic) bond motifs is 2. The summed E-state index contributed by atoms with van der Waals surface area (Å²) < 4.78 is 0. The normalized spacial score (nSPS) is 11.2. The summed E-state index contributed by atoms with van der Waals surface area (Å²) in [6.07, 6.45) is 0.753. The van der Waals surface area contributed by atoms with E-state index in [1.807, 2.05) is 57.2 Å². The Hall–Kier alpha value is -3.54. The zero-order valence-corrected chi connectivity index (χ0v) is 17.4. The minimum atomic E-state index is -0.196. The number of amides is 1. The number of hydrogen-bond acceptors (Lipinski definition) is 4. The fraction of sp³-hybridized carbons (Fsp3) is 0.250. The molecule has 2 heterocycles. The molecule has 152 valence electrons. The van der Waals surface area contributed by atoms with Crippen LogP contribution in [0.5, 0.6) is 0 Å². The Balaban J connectivity index is 1.77. The number of nitrogens with one attached hydrogen (secondary N) is 1. The van der Waals surface area contributed by atoms with E-state index in [4.69, 9.17) is 4.98 Å². The second-order valence-electron chi connectivity index (χ2n) is 7.28. The van der Waals surface area contributed by atoms with E-state index < -0.39 is 0 Å². The average molecular weight is 400 g/mol. The molecule has 2 aromatic carbocycles. The first kappa shape index (κ1) is 19.8. The number of carbonyl (C=O) groups is 1. The van der Waals surface area contributed by atoms with Crippen LogP contribution in [0.4, 0.5) is 0 Å². The minimum absolute atomic E-state index is 0.0842. The van der Waals surface area contributed by atoms with Gasteiger partial charge >= 0.3 is 0 Å². The van der Waals surface area contributed by atoms with Gasteiger partial charge in [-0.1, -0.05) is 37.3 Å². The van der Waals surface area contributed by atoms with Crippen molar-refractivity contribution in [3.8, 4) is 0 Å². The molecule has 0 aliphatic rings. The number of para-hydroxylation sites is 2. The molecule has 0 spiro atoms. The van der Waals surface area contributed by atoms with Crippen LogP contribution in [-0.2, 0) is 13.0 Å². The summed E-state index contributed by atoms with van der Waals surface area (Å²) in [7, 11) is 0. The highest BCUT2D eigenvalue weighted by Crippen LogP contribution is 2.25. The monoisotopic (exact) mass is 400 g/mol. The van der Waals surface area contributed by atoms with Crippen molar-refractivity contribution in [3.05, 3.63) is 81.5 Å². The van der Waals surface area contributed by atoms with Gasteiger partial charge in [-0.3, -0.25) is 14.6 Å². The predicted molar refractivity (Wildman–Crippen MR) is 119 cm³/mol. The van der Waals surface area contributed by atoms with Gasteiger partial charge < -0.3 is 9.88 Å². The van der Waals surface area contributed by atoms with E-state index in [-0.39, 0.29) is 18.0 Å². The molecule has 0 aliphatic carbocycles. The number of aromatic amines is 1. The van der Waals surface area contributed by atoms with Gasteiger partial charge in [-0.25, -0.2) is 4.98 Å². The summed E-state index contributed by atoms with van der Waals surface area (Å²) in [5.74, 6) is 0.389. The van der Waals surface area contributed by atoms with Gasteiger partial charge in [0.1, 0.15) is 5.82 Å². The molecule has 4 rings (SSSR count). The Bertz CT molecular complexity index is 1310. The quantitative estimate of drug-likeness (QED) is 0.549. The van der Waals surface area contributed by atoms with E-state index in [1.54, 1.807) is 17.0 Å². The Morgan fingerprint density at radius 1 is 0.967 bits per heavy atom. The molecule has 0 unspecified atom stereocenters. The first-order valence-electron chi connectivity index (χ1n) is 10.2. The maximum absolute atomic E-state index is 13.6. The summed E-state index contributed by atoms with van der Waals surface area (Å²) in [4.78, 5) is 39.8. The fourth-order valence-corrected chi connectivity index (χ4v) is 3.85. The molecule has 6 nitrogen and oxygen atoms in total. The van der Waals surface area contributed by atoms with Crippen LogP contribution in [0, 0.1) is 6.92 Å². The lowest BCUT2D eigenvalue weighted by molar-refractivity contribution is 0.0749. The van der Waals surface area contributed by atoms with Gasteiger partial charge in [0.25, 0.3) is 11.5 Å². The van der Waals surface area contributed by atoms with Crippen LogP contribution >= 0.6 is 0 Å². The molecule has 0 atom stereocenters. The number of pyridine rings is 1. The van der Waals surface area contributed by atoms with Crippen molar-refractivity contribution in [2.24, 2.45) is 0 Å². The van der Waals surface area contributed by atoms with E-state index in [1.165, 1.54) is 0 Å². The van der Waals surface area contributed by atoms with Crippen LogP contribution in [0.15, 0.2) is 53.3 Å². The van der Waals surface area contributed by atoms with Crippen molar-refractivity contribution in [3.63, 3.8) is 0 Å².